The van der Waals surface area contributed by atoms with E-state index in [-0.39, 0.29) is 4.84 Å². The Hall–Kier alpha value is -3.36. The molecule has 0 amide bonds. The van der Waals surface area contributed by atoms with Crippen LogP contribution in [0.4, 0.5) is 11.5 Å². The van der Waals surface area contributed by atoms with Gasteiger partial charge in [0.15, 0.2) is 5.82 Å². The maximum Gasteiger partial charge on any atom is 0.284 e. The van der Waals surface area contributed by atoms with Crippen molar-refractivity contribution in [2.75, 3.05) is 5.32 Å². The normalized spacial score (nSPS) is 11.0. The van der Waals surface area contributed by atoms with Crippen LogP contribution in [-0.2, 0) is 0 Å². The van der Waals surface area contributed by atoms with Crippen molar-refractivity contribution < 1.29 is 4.42 Å². The van der Waals surface area contributed by atoms with Gasteiger partial charge in [-0.25, -0.2) is 15.1 Å². The van der Waals surface area contributed by atoms with Gasteiger partial charge in [0.25, 0.3) is 4.84 Å². The van der Waals surface area contributed by atoms with Crippen LogP contribution in [0.15, 0.2) is 81.7 Å². The van der Waals surface area contributed by atoms with E-state index in [2.05, 4.69) is 31.4 Å². The molecular formula is C22H14BrN5OS. The lowest BCUT2D eigenvalue weighted by Gasteiger charge is -2.13. The molecule has 0 fully saturated rings. The largest absolute Gasteiger partial charge is 0.409 e. The van der Waals surface area contributed by atoms with Crippen LogP contribution in [0, 0.1) is 4.84 Å². The summed E-state index contributed by atoms with van der Waals surface area (Å²) in [5.41, 5.74) is 3.34. The molecule has 0 aliphatic rings. The number of hydrogen-bond acceptors (Lipinski definition) is 6. The van der Waals surface area contributed by atoms with Gasteiger partial charge < -0.3 is 9.73 Å². The molecule has 5 rings (SSSR count). The molecule has 0 unspecified atom stereocenters. The first-order valence-electron chi connectivity index (χ1n) is 9.12. The fourth-order valence-electron chi connectivity index (χ4n) is 3.16. The molecule has 2 aromatic heterocycles. The third-order valence-corrected chi connectivity index (χ3v) is 5.21. The van der Waals surface area contributed by atoms with Gasteiger partial charge in [0.2, 0.25) is 5.89 Å². The number of aromatic nitrogens is 4. The highest BCUT2D eigenvalue weighted by Crippen LogP contribution is 2.33. The van der Waals surface area contributed by atoms with Gasteiger partial charge >= 0.3 is 0 Å². The van der Waals surface area contributed by atoms with E-state index in [1.165, 1.54) is 0 Å². The maximum absolute atomic E-state index is 5.52. The van der Waals surface area contributed by atoms with Crippen molar-refractivity contribution in [2.24, 2.45) is 0 Å². The van der Waals surface area contributed by atoms with Crippen LogP contribution in [0.3, 0.4) is 0 Å². The van der Waals surface area contributed by atoms with Gasteiger partial charge in [-0.15, -0.1) is 5.10 Å². The molecule has 0 saturated carbocycles. The van der Waals surface area contributed by atoms with Crippen molar-refractivity contribution in [1.82, 2.24) is 20.2 Å². The fourth-order valence-corrected chi connectivity index (χ4v) is 3.65. The Morgan fingerprint density at radius 1 is 0.933 bits per heavy atom. The third kappa shape index (κ3) is 3.62. The molecule has 0 radical (unpaired) electrons. The number of halogens is 1. The third-order valence-electron chi connectivity index (χ3n) is 4.54. The Kier molecular flexibility index (Phi) is 4.86. The molecule has 0 saturated heterocycles. The van der Waals surface area contributed by atoms with E-state index >= 15 is 0 Å². The summed E-state index contributed by atoms with van der Waals surface area (Å²) in [7, 11) is 0. The predicted octanol–water partition coefficient (Wildman–Crippen LogP) is 6.52. The van der Waals surface area contributed by atoms with E-state index < -0.39 is 0 Å². The molecule has 2 N–H and O–H groups in total. The first kappa shape index (κ1) is 18.7. The number of anilines is 2. The van der Waals surface area contributed by atoms with E-state index in [0.29, 0.717) is 17.5 Å². The summed E-state index contributed by atoms with van der Waals surface area (Å²) in [5.74, 6) is 1.73. The molecule has 0 bridgehead atoms. The van der Waals surface area contributed by atoms with Crippen LogP contribution in [0.2, 0.25) is 0 Å². The molecule has 0 aliphatic heterocycles. The highest BCUT2D eigenvalue weighted by Gasteiger charge is 2.14. The van der Waals surface area contributed by atoms with Crippen molar-refractivity contribution in [3.63, 3.8) is 0 Å². The summed E-state index contributed by atoms with van der Waals surface area (Å²) in [4.78, 5) is 9.80. The number of rotatable bonds is 4. The highest BCUT2D eigenvalue weighted by atomic mass is 79.9. The molecule has 3 aromatic carbocycles. The molecule has 2 heterocycles. The lowest BCUT2D eigenvalue weighted by molar-refractivity contribution is 0.552. The van der Waals surface area contributed by atoms with Gasteiger partial charge in [0.1, 0.15) is 5.82 Å². The second kappa shape index (κ2) is 7.81. The second-order valence-electron chi connectivity index (χ2n) is 6.51. The molecule has 0 atom stereocenters. The molecular weight excluding hydrogens is 462 g/mol. The number of para-hydroxylation sites is 1. The average Bonchev–Trinajstić information content (AvgIpc) is 3.21. The number of hydrogen-bond donors (Lipinski definition) is 2. The van der Waals surface area contributed by atoms with Gasteiger partial charge in [0, 0.05) is 15.4 Å². The molecule has 146 valence electrons. The molecule has 8 heteroatoms. The molecule has 6 nitrogen and oxygen atoms in total. The highest BCUT2D eigenvalue weighted by molar-refractivity contribution is 9.10. The summed E-state index contributed by atoms with van der Waals surface area (Å²) >= 11 is 8.57. The Bertz CT molecular complexity index is 1410. The summed E-state index contributed by atoms with van der Waals surface area (Å²) in [5, 5.41) is 11.1. The van der Waals surface area contributed by atoms with Crippen LogP contribution in [0.5, 0.6) is 0 Å². The standard InChI is InChI=1S/C22H14BrN5OS/c23-14-10-11-18-16(12-14)20(26-19(24-18)13-6-2-1-3-7-13)25-17-9-5-4-8-15(17)21-27-28-22(30)29-21/h1-12H,(H,28,30)(H,24,25,26). The van der Waals surface area contributed by atoms with Gasteiger partial charge in [-0.3, -0.25) is 0 Å². The first-order chi connectivity index (χ1) is 14.7. The zero-order valence-electron chi connectivity index (χ0n) is 15.5. The Morgan fingerprint density at radius 3 is 2.53 bits per heavy atom. The minimum Gasteiger partial charge on any atom is -0.409 e. The lowest BCUT2D eigenvalue weighted by atomic mass is 10.1. The Morgan fingerprint density at radius 2 is 1.73 bits per heavy atom. The monoisotopic (exact) mass is 475 g/mol. The fraction of sp³-hybridized carbons (Fsp3) is 0. The maximum atomic E-state index is 5.52. The minimum absolute atomic E-state index is 0.225. The van der Waals surface area contributed by atoms with E-state index in [1.54, 1.807) is 0 Å². The number of benzene rings is 3. The minimum atomic E-state index is 0.225. The van der Waals surface area contributed by atoms with Crippen LogP contribution in [0.1, 0.15) is 0 Å². The number of nitrogens with one attached hydrogen (secondary N) is 2. The van der Waals surface area contributed by atoms with Crippen molar-refractivity contribution in [2.45, 2.75) is 0 Å². The average molecular weight is 476 g/mol. The van der Waals surface area contributed by atoms with Gasteiger partial charge in [-0.1, -0.05) is 58.4 Å². The van der Waals surface area contributed by atoms with E-state index in [9.17, 15) is 0 Å². The number of aromatic amines is 1. The summed E-state index contributed by atoms with van der Waals surface area (Å²) in [6, 6.07) is 23.5. The van der Waals surface area contributed by atoms with Gasteiger partial charge in [-0.05, 0) is 42.5 Å². The second-order valence-corrected chi connectivity index (χ2v) is 7.80. The van der Waals surface area contributed by atoms with Crippen molar-refractivity contribution in [3.05, 3.63) is 82.1 Å². The lowest BCUT2D eigenvalue weighted by Crippen LogP contribution is -2.00. The van der Waals surface area contributed by atoms with Crippen LogP contribution in [-0.4, -0.2) is 20.2 Å². The Labute approximate surface area is 185 Å². The molecule has 5 aromatic rings. The smallest absolute Gasteiger partial charge is 0.284 e. The molecule has 0 spiro atoms. The number of fused-ring (bicyclic) bond motifs is 1. The van der Waals surface area contributed by atoms with Crippen LogP contribution in [0.25, 0.3) is 33.7 Å². The summed E-state index contributed by atoms with van der Waals surface area (Å²) in [6.07, 6.45) is 0. The quantitative estimate of drug-likeness (QED) is 0.288. The van der Waals surface area contributed by atoms with Crippen molar-refractivity contribution in [1.29, 1.82) is 0 Å². The summed E-state index contributed by atoms with van der Waals surface area (Å²) in [6.45, 7) is 0. The van der Waals surface area contributed by atoms with Gasteiger partial charge in [-0.2, -0.15) is 0 Å². The molecule has 0 aliphatic carbocycles. The Balaban J connectivity index is 1.68. The van der Waals surface area contributed by atoms with Crippen molar-refractivity contribution in [3.8, 4) is 22.8 Å². The zero-order chi connectivity index (χ0) is 20.5. The zero-order valence-corrected chi connectivity index (χ0v) is 17.9. The molecule has 30 heavy (non-hydrogen) atoms. The van der Waals surface area contributed by atoms with Crippen LogP contribution >= 0.6 is 28.1 Å². The number of H-pyrrole nitrogens is 1. The van der Waals surface area contributed by atoms with E-state index in [4.69, 9.17) is 26.6 Å². The van der Waals surface area contributed by atoms with Crippen molar-refractivity contribution >= 4 is 50.6 Å². The van der Waals surface area contributed by atoms with E-state index in [1.807, 2.05) is 72.8 Å². The topological polar surface area (TPSA) is 79.6 Å². The van der Waals surface area contributed by atoms with Crippen LogP contribution < -0.4 is 5.32 Å². The van der Waals surface area contributed by atoms with E-state index in [0.717, 1.165) is 32.2 Å². The number of nitrogens with zero attached hydrogens (tertiary/aromatic N) is 3. The van der Waals surface area contributed by atoms with Gasteiger partial charge in [0.05, 0.1) is 16.8 Å². The first-order valence-corrected chi connectivity index (χ1v) is 10.3. The SMILES string of the molecule is S=c1[nH]nc(-c2ccccc2Nc2nc(-c3ccccc3)nc3ccc(Br)cc23)o1. The summed E-state index contributed by atoms with van der Waals surface area (Å²) < 4.78 is 6.46. The predicted molar refractivity (Wildman–Crippen MR) is 123 cm³/mol.